The number of ether oxygens (including phenoxy) is 1. The van der Waals surface area contributed by atoms with Crippen molar-refractivity contribution in [2.45, 2.75) is 39.0 Å². The minimum absolute atomic E-state index is 0.0982. The molecule has 2 aromatic heterocycles. The highest BCUT2D eigenvalue weighted by atomic mass is 32.1. The number of benzene rings is 2. The third-order valence-electron chi connectivity index (χ3n) is 5.60. The van der Waals surface area contributed by atoms with Crippen LogP contribution in [0.4, 0.5) is 0 Å². The summed E-state index contributed by atoms with van der Waals surface area (Å²) in [6, 6.07) is 16.3. The molecular weight excluding hydrogens is 418 g/mol. The highest BCUT2D eigenvalue weighted by Gasteiger charge is 2.14. The van der Waals surface area contributed by atoms with E-state index in [1.54, 1.807) is 18.4 Å². The molecule has 0 atom stereocenters. The number of unbranched alkanes of at least 4 members (excludes halogenated alkanes) is 1. The molecule has 2 heterocycles. The number of rotatable bonds is 10. The second kappa shape index (κ2) is 10.5. The van der Waals surface area contributed by atoms with E-state index in [1.807, 2.05) is 31.2 Å². The van der Waals surface area contributed by atoms with Crippen molar-refractivity contribution in [3.8, 4) is 17.0 Å². The quantitative estimate of drug-likeness (QED) is 0.307. The molecule has 6 heteroatoms. The molecule has 0 saturated heterocycles. The highest BCUT2D eigenvalue weighted by Crippen LogP contribution is 2.32. The fraction of sp³-hybridized carbons (Fsp3) is 0.308. The van der Waals surface area contributed by atoms with Gasteiger partial charge in [-0.2, -0.15) is 0 Å². The summed E-state index contributed by atoms with van der Waals surface area (Å²) < 4.78 is 5.29. The van der Waals surface area contributed by atoms with Crippen molar-refractivity contribution in [2.24, 2.45) is 0 Å². The number of amides is 1. The zero-order valence-corrected chi connectivity index (χ0v) is 19.4. The Kier molecular flexibility index (Phi) is 7.22. The van der Waals surface area contributed by atoms with Gasteiger partial charge in [0.1, 0.15) is 5.75 Å². The van der Waals surface area contributed by atoms with Crippen LogP contribution >= 0.6 is 11.3 Å². The molecule has 32 heavy (non-hydrogen) atoms. The number of hydrogen-bond donors (Lipinski definition) is 2. The van der Waals surface area contributed by atoms with Crippen LogP contribution in [0.2, 0.25) is 0 Å². The normalized spacial score (nSPS) is 11.1. The first-order valence-electron chi connectivity index (χ1n) is 11.1. The third kappa shape index (κ3) is 5.37. The average molecular weight is 448 g/mol. The van der Waals surface area contributed by atoms with Crippen molar-refractivity contribution in [2.75, 3.05) is 13.7 Å². The number of para-hydroxylation sites is 1. The SMILES string of the molecule is COc1ccc(-c2[nH]c3ccccc3c2CCC(=O)NCCCCc2nc(C)cs2)cc1. The third-order valence-corrected chi connectivity index (χ3v) is 6.63. The summed E-state index contributed by atoms with van der Waals surface area (Å²) in [6.45, 7) is 2.73. The Morgan fingerprint density at radius 1 is 1.09 bits per heavy atom. The van der Waals surface area contributed by atoms with Crippen molar-refractivity contribution in [3.05, 3.63) is 70.2 Å². The molecule has 0 fully saturated rings. The van der Waals surface area contributed by atoms with Gasteiger partial charge in [0.15, 0.2) is 0 Å². The van der Waals surface area contributed by atoms with Crippen LogP contribution in [0.5, 0.6) is 5.75 Å². The van der Waals surface area contributed by atoms with Crippen LogP contribution in [-0.2, 0) is 17.6 Å². The van der Waals surface area contributed by atoms with Gasteiger partial charge < -0.3 is 15.0 Å². The lowest BCUT2D eigenvalue weighted by molar-refractivity contribution is -0.121. The summed E-state index contributed by atoms with van der Waals surface area (Å²) in [4.78, 5) is 20.5. The predicted molar refractivity (Wildman–Crippen MR) is 131 cm³/mol. The van der Waals surface area contributed by atoms with E-state index in [9.17, 15) is 4.79 Å². The van der Waals surface area contributed by atoms with E-state index in [0.29, 0.717) is 19.4 Å². The lowest BCUT2D eigenvalue weighted by atomic mass is 10.0. The van der Waals surface area contributed by atoms with Crippen LogP contribution in [0, 0.1) is 6.92 Å². The fourth-order valence-electron chi connectivity index (χ4n) is 3.94. The van der Waals surface area contributed by atoms with E-state index in [0.717, 1.165) is 47.5 Å². The van der Waals surface area contributed by atoms with Crippen molar-refractivity contribution < 1.29 is 9.53 Å². The second-order valence-electron chi connectivity index (χ2n) is 7.94. The maximum Gasteiger partial charge on any atom is 0.220 e. The van der Waals surface area contributed by atoms with Crippen molar-refractivity contribution in [1.29, 1.82) is 0 Å². The number of hydrogen-bond acceptors (Lipinski definition) is 4. The largest absolute Gasteiger partial charge is 0.497 e. The number of aromatic amines is 1. The number of carbonyl (C=O) groups excluding carboxylic acids is 1. The van der Waals surface area contributed by atoms with Crippen LogP contribution in [0.1, 0.15) is 35.5 Å². The number of carbonyl (C=O) groups is 1. The lowest BCUT2D eigenvalue weighted by Crippen LogP contribution is -2.24. The van der Waals surface area contributed by atoms with Crippen molar-refractivity contribution >= 4 is 28.1 Å². The highest BCUT2D eigenvalue weighted by molar-refractivity contribution is 7.09. The number of thiazole rings is 1. The molecule has 2 N–H and O–H groups in total. The van der Waals surface area contributed by atoms with Gasteiger partial charge in [-0.05, 0) is 74.1 Å². The van der Waals surface area contributed by atoms with Crippen molar-refractivity contribution in [3.63, 3.8) is 0 Å². The van der Waals surface area contributed by atoms with Gasteiger partial charge in [-0.15, -0.1) is 11.3 Å². The Morgan fingerprint density at radius 2 is 1.91 bits per heavy atom. The first-order chi connectivity index (χ1) is 15.6. The minimum Gasteiger partial charge on any atom is -0.497 e. The molecule has 2 aromatic carbocycles. The summed E-state index contributed by atoms with van der Waals surface area (Å²) in [7, 11) is 1.67. The van der Waals surface area contributed by atoms with Crippen LogP contribution < -0.4 is 10.1 Å². The number of fused-ring (bicyclic) bond motifs is 1. The van der Waals surface area contributed by atoms with E-state index in [1.165, 1.54) is 16.0 Å². The predicted octanol–water partition coefficient (Wildman–Crippen LogP) is 5.68. The molecule has 0 radical (unpaired) electrons. The summed E-state index contributed by atoms with van der Waals surface area (Å²) in [5, 5.41) is 7.51. The Morgan fingerprint density at radius 3 is 2.66 bits per heavy atom. The van der Waals surface area contributed by atoms with Gasteiger partial charge in [-0.1, -0.05) is 18.2 Å². The number of H-pyrrole nitrogens is 1. The minimum atomic E-state index is 0.0982. The molecule has 0 aliphatic carbocycles. The van der Waals surface area contributed by atoms with Crippen molar-refractivity contribution in [1.82, 2.24) is 15.3 Å². The topological polar surface area (TPSA) is 67.0 Å². The van der Waals surface area contributed by atoms with Crippen LogP contribution in [0.25, 0.3) is 22.2 Å². The van der Waals surface area contributed by atoms with Gasteiger partial charge in [0.05, 0.1) is 12.1 Å². The van der Waals surface area contributed by atoms with Gasteiger partial charge in [0.25, 0.3) is 0 Å². The van der Waals surface area contributed by atoms with Crippen LogP contribution in [-0.4, -0.2) is 29.5 Å². The second-order valence-corrected chi connectivity index (χ2v) is 8.88. The van der Waals surface area contributed by atoms with E-state index in [4.69, 9.17) is 4.74 Å². The number of nitrogens with one attached hydrogen (secondary N) is 2. The fourth-order valence-corrected chi connectivity index (χ4v) is 4.76. The molecule has 0 saturated carbocycles. The molecular formula is C26H29N3O2S. The molecule has 4 aromatic rings. The van der Waals surface area contributed by atoms with Crippen LogP contribution in [0.15, 0.2) is 53.9 Å². The Hall–Kier alpha value is -3.12. The van der Waals surface area contributed by atoms with Gasteiger partial charge in [-0.3, -0.25) is 4.79 Å². The molecule has 166 valence electrons. The maximum absolute atomic E-state index is 12.5. The summed E-state index contributed by atoms with van der Waals surface area (Å²) in [5.41, 5.74) is 5.52. The van der Waals surface area contributed by atoms with E-state index >= 15 is 0 Å². The van der Waals surface area contributed by atoms with E-state index in [2.05, 4.69) is 44.9 Å². The maximum atomic E-state index is 12.5. The van der Waals surface area contributed by atoms with Gasteiger partial charge in [0.2, 0.25) is 5.91 Å². The van der Waals surface area contributed by atoms with Gasteiger partial charge in [0, 0.05) is 40.6 Å². The summed E-state index contributed by atoms with van der Waals surface area (Å²) in [5.74, 6) is 0.928. The summed E-state index contributed by atoms with van der Waals surface area (Å²) >= 11 is 1.71. The molecule has 0 aliphatic rings. The zero-order chi connectivity index (χ0) is 22.3. The molecule has 0 spiro atoms. The van der Waals surface area contributed by atoms with Gasteiger partial charge in [-0.25, -0.2) is 4.98 Å². The Balaban J connectivity index is 1.35. The molecule has 5 nitrogen and oxygen atoms in total. The molecule has 4 rings (SSSR count). The lowest BCUT2D eigenvalue weighted by Gasteiger charge is -2.08. The number of methoxy groups -OCH3 is 1. The molecule has 0 unspecified atom stereocenters. The number of aryl methyl sites for hydroxylation is 3. The van der Waals surface area contributed by atoms with E-state index < -0.39 is 0 Å². The molecule has 1 amide bonds. The zero-order valence-electron chi connectivity index (χ0n) is 18.6. The van der Waals surface area contributed by atoms with Crippen LogP contribution in [0.3, 0.4) is 0 Å². The molecule has 0 aliphatic heterocycles. The van der Waals surface area contributed by atoms with E-state index in [-0.39, 0.29) is 5.91 Å². The standard InChI is InChI=1S/C26H29N3O2S/c1-18-17-32-25(28-18)9-5-6-16-27-24(30)15-14-22-21-7-3-4-8-23(21)29-26(22)19-10-12-20(31-2)13-11-19/h3-4,7-8,10-13,17,29H,5-6,9,14-16H2,1-2H3,(H,27,30). The smallest absolute Gasteiger partial charge is 0.220 e. The monoisotopic (exact) mass is 447 g/mol. The first kappa shape index (κ1) is 22.1. The molecule has 0 bridgehead atoms. The first-order valence-corrected chi connectivity index (χ1v) is 11.9. The Bertz CT molecular complexity index is 1180. The number of nitrogens with zero attached hydrogens (tertiary/aromatic N) is 1. The number of aromatic nitrogens is 2. The van der Waals surface area contributed by atoms with Gasteiger partial charge >= 0.3 is 0 Å². The average Bonchev–Trinajstić information content (AvgIpc) is 3.40. The summed E-state index contributed by atoms with van der Waals surface area (Å²) in [6.07, 6.45) is 4.15. The Labute approximate surface area is 192 Å².